The summed E-state index contributed by atoms with van der Waals surface area (Å²) in [7, 11) is 3.43. The second kappa shape index (κ2) is 10.3. The molecule has 1 aliphatic carbocycles. The maximum Gasteiger partial charge on any atom is 0.233 e. The van der Waals surface area contributed by atoms with E-state index in [0.29, 0.717) is 36.1 Å². The lowest BCUT2D eigenvalue weighted by Gasteiger charge is -2.17. The fourth-order valence-corrected chi connectivity index (χ4v) is 3.90. The monoisotopic (exact) mass is 439 g/mol. The minimum atomic E-state index is -0.453. The van der Waals surface area contributed by atoms with E-state index in [1.807, 2.05) is 29.9 Å². The van der Waals surface area contributed by atoms with Gasteiger partial charge in [0, 0.05) is 36.7 Å². The molecule has 1 aromatic carbocycles. The highest BCUT2D eigenvalue weighted by atomic mass is 19.1. The first-order valence-corrected chi connectivity index (χ1v) is 11.1. The van der Waals surface area contributed by atoms with E-state index in [4.69, 9.17) is 4.74 Å². The Balaban J connectivity index is 1.55. The number of methoxy groups -OCH3 is 1. The first-order valence-electron chi connectivity index (χ1n) is 11.1. The lowest BCUT2D eigenvalue weighted by molar-refractivity contribution is 0.386. The molecule has 0 bridgehead atoms. The number of rotatable bonds is 8. The van der Waals surface area contributed by atoms with Gasteiger partial charge in [-0.1, -0.05) is 25.7 Å². The minimum absolute atomic E-state index is 0.187. The standard InChI is InChI=1S/C23H30FN7O/c1-31-13-7-10-18(31)15-25-21-28-22(26-16-8-5-3-4-6-9-16)30-23(29-21)27-17-11-12-20(32-2)19(24)14-17/h7,10-14,16H,3-6,8-9,15H2,1-2H3,(H3,25,26,27,28,29,30). The molecule has 9 heteroatoms. The van der Waals surface area contributed by atoms with Crippen LogP contribution in [0, 0.1) is 5.82 Å². The molecule has 3 N–H and O–H groups in total. The van der Waals surface area contributed by atoms with E-state index in [1.165, 1.54) is 38.9 Å². The maximum absolute atomic E-state index is 14.1. The highest BCUT2D eigenvalue weighted by Gasteiger charge is 2.15. The van der Waals surface area contributed by atoms with E-state index in [2.05, 4.69) is 30.9 Å². The Morgan fingerprint density at radius 2 is 1.78 bits per heavy atom. The highest BCUT2D eigenvalue weighted by Crippen LogP contribution is 2.24. The van der Waals surface area contributed by atoms with Crippen LogP contribution in [0.15, 0.2) is 36.5 Å². The number of nitrogens with one attached hydrogen (secondary N) is 3. The zero-order valence-electron chi connectivity index (χ0n) is 18.6. The molecule has 0 spiro atoms. The van der Waals surface area contributed by atoms with Gasteiger partial charge in [-0.15, -0.1) is 0 Å². The summed E-state index contributed by atoms with van der Waals surface area (Å²) < 4.78 is 21.2. The number of hydrogen-bond donors (Lipinski definition) is 3. The van der Waals surface area contributed by atoms with Crippen molar-refractivity contribution in [2.24, 2.45) is 7.05 Å². The fourth-order valence-electron chi connectivity index (χ4n) is 3.90. The van der Waals surface area contributed by atoms with Crippen LogP contribution in [0.5, 0.6) is 5.75 Å². The Morgan fingerprint density at radius 1 is 1.03 bits per heavy atom. The molecule has 1 fully saturated rings. The molecule has 0 radical (unpaired) electrons. The molecule has 0 unspecified atom stereocenters. The Hall–Kier alpha value is -3.36. The summed E-state index contributed by atoms with van der Waals surface area (Å²) in [5, 5.41) is 9.84. The number of benzene rings is 1. The summed E-state index contributed by atoms with van der Waals surface area (Å²) in [6, 6.07) is 9.02. The Bertz CT molecular complexity index is 1030. The summed E-state index contributed by atoms with van der Waals surface area (Å²) in [5.74, 6) is 1.04. The van der Waals surface area contributed by atoms with E-state index < -0.39 is 5.82 Å². The molecule has 8 nitrogen and oxygen atoms in total. The Kier molecular flexibility index (Phi) is 7.03. The number of anilines is 4. The van der Waals surface area contributed by atoms with Crippen LogP contribution in [-0.2, 0) is 13.6 Å². The first-order chi connectivity index (χ1) is 15.6. The van der Waals surface area contributed by atoms with Crippen molar-refractivity contribution in [3.05, 3.63) is 48.0 Å². The second-order valence-electron chi connectivity index (χ2n) is 8.08. The fraction of sp³-hybridized carbons (Fsp3) is 0.435. The van der Waals surface area contributed by atoms with Gasteiger partial charge in [-0.25, -0.2) is 4.39 Å². The lowest BCUT2D eigenvalue weighted by atomic mass is 10.1. The smallest absolute Gasteiger partial charge is 0.233 e. The minimum Gasteiger partial charge on any atom is -0.494 e. The van der Waals surface area contributed by atoms with Crippen LogP contribution in [0.3, 0.4) is 0 Å². The molecule has 1 aliphatic rings. The van der Waals surface area contributed by atoms with Crippen LogP contribution in [0.2, 0.25) is 0 Å². The van der Waals surface area contributed by atoms with E-state index in [0.717, 1.165) is 18.5 Å². The first kappa shape index (κ1) is 21.9. The third-order valence-corrected chi connectivity index (χ3v) is 5.71. The van der Waals surface area contributed by atoms with Crippen molar-refractivity contribution in [3.63, 3.8) is 0 Å². The van der Waals surface area contributed by atoms with Crippen LogP contribution in [0.25, 0.3) is 0 Å². The van der Waals surface area contributed by atoms with Gasteiger partial charge in [-0.2, -0.15) is 15.0 Å². The Labute approximate surface area is 187 Å². The van der Waals surface area contributed by atoms with E-state index in [-0.39, 0.29) is 5.75 Å². The van der Waals surface area contributed by atoms with Gasteiger partial charge in [-0.3, -0.25) is 0 Å². The molecule has 3 aromatic rings. The predicted molar refractivity (Wildman–Crippen MR) is 124 cm³/mol. The second-order valence-corrected chi connectivity index (χ2v) is 8.08. The quantitative estimate of drug-likeness (QED) is 0.433. The molecule has 1 saturated carbocycles. The van der Waals surface area contributed by atoms with E-state index in [1.54, 1.807) is 12.1 Å². The largest absolute Gasteiger partial charge is 0.494 e. The summed E-state index contributed by atoms with van der Waals surface area (Å²) >= 11 is 0. The summed E-state index contributed by atoms with van der Waals surface area (Å²) in [6.07, 6.45) is 9.15. The SMILES string of the molecule is COc1ccc(Nc2nc(NCc3cccn3C)nc(NC3CCCCCC3)n2)cc1F. The van der Waals surface area contributed by atoms with Crippen molar-refractivity contribution in [3.8, 4) is 5.75 Å². The molecule has 2 aromatic heterocycles. The van der Waals surface area contributed by atoms with Gasteiger partial charge >= 0.3 is 0 Å². The van der Waals surface area contributed by atoms with Crippen molar-refractivity contribution in [2.45, 2.75) is 51.1 Å². The highest BCUT2D eigenvalue weighted by molar-refractivity contribution is 5.57. The van der Waals surface area contributed by atoms with Crippen LogP contribution in [-0.4, -0.2) is 32.7 Å². The maximum atomic E-state index is 14.1. The van der Waals surface area contributed by atoms with Crippen LogP contribution in [0.1, 0.15) is 44.2 Å². The van der Waals surface area contributed by atoms with E-state index in [9.17, 15) is 4.39 Å². The van der Waals surface area contributed by atoms with Gasteiger partial charge in [-0.05, 0) is 37.1 Å². The average molecular weight is 440 g/mol. The summed E-state index contributed by atoms with van der Waals surface area (Å²) in [6.45, 7) is 0.576. The zero-order valence-corrected chi connectivity index (χ0v) is 18.6. The number of ether oxygens (including phenoxy) is 1. The van der Waals surface area contributed by atoms with Gasteiger partial charge in [0.05, 0.1) is 13.7 Å². The van der Waals surface area contributed by atoms with Gasteiger partial charge in [0.1, 0.15) is 0 Å². The molecule has 0 atom stereocenters. The summed E-state index contributed by atoms with van der Waals surface area (Å²) in [4.78, 5) is 13.6. The number of aromatic nitrogens is 4. The van der Waals surface area contributed by atoms with Gasteiger partial charge < -0.3 is 25.3 Å². The number of halogens is 1. The van der Waals surface area contributed by atoms with Crippen LogP contribution < -0.4 is 20.7 Å². The van der Waals surface area contributed by atoms with Crippen molar-refractivity contribution in [1.82, 2.24) is 19.5 Å². The molecular weight excluding hydrogens is 409 g/mol. The van der Waals surface area contributed by atoms with Crippen LogP contribution >= 0.6 is 0 Å². The van der Waals surface area contributed by atoms with Crippen molar-refractivity contribution in [1.29, 1.82) is 0 Å². The molecule has 0 aliphatic heterocycles. The normalized spacial score (nSPS) is 14.6. The molecule has 32 heavy (non-hydrogen) atoms. The van der Waals surface area contributed by atoms with Crippen molar-refractivity contribution in [2.75, 3.05) is 23.1 Å². The van der Waals surface area contributed by atoms with Gasteiger partial charge in [0.25, 0.3) is 0 Å². The molecule has 170 valence electrons. The molecule has 2 heterocycles. The third kappa shape index (κ3) is 5.66. The average Bonchev–Trinajstić information content (AvgIpc) is 3.01. The number of aryl methyl sites for hydroxylation is 1. The third-order valence-electron chi connectivity index (χ3n) is 5.71. The lowest BCUT2D eigenvalue weighted by Crippen LogP contribution is -2.21. The molecule has 0 saturated heterocycles. The Morgan fingerprint density at radius 3 is 2.47 bits per heavy atom. The van der Waals surface area contributed by atoms with Gasteiger partial charge in [0.15, 0.2) is 11.6 Å². The topological polar surface area (TPSA) is 88.9 Å². The molecule has 4 rings (SSSR count). The van der Waals surface area contributed by atoms with Gasteiger partial charge in [0.2, 0.25) is 17.8 Å². The zero-order chi connectivity index (χ0) is 22.3. The predicted octanol–water partition coefficient (Wildman–Crippen LogP) is 4.85. The molecule has 0 amide bonds. The van der Waals surface area contributed by atoms with Crippen molar-refractivity contribution < 1.29 is 9.13 Å². The van der Waals surface area contributed by atoms with E-state index >= 15 is 0 Å². The number of hydrogen-bond acceptors (Lipinski definition) is 7. The molecular formula is C23H30FN7O. The van der Waals surface area contributed by atoms with Crippen molar-refractivity contribution >= 4 is 23.5 Å². The van der Waals surface area contributed by atoms with Crippen LogP contribution in [0.4, 0.5) is 27.9 Å². The number of nitrogens with zero attached hydrogens (tertiary/aromatic N) is 4. The summed E-state index contributed by atoms with van der Waals surface area (Å²) in [5.41, 5.74) is 1.64.